The van der Waals surface area contributed by atoms with E-state index in [1.54, 1.807) is 22.0 Å². The van der Waals surface area contributed by atoms with Crippen molar-refractivity contribution in [3.63, 3.8) is 0 Å². The molecule has 28 heavy (non-hydrogen) atoms. The second-order valence-corrected chi connectivity index (χ2v) is 10.0. The molecule has 4 rings (SSSR count). The molecule has 0 unspecified atom stereocenters. The first-order chi connectivity index (χ1) is 13.6. The molecule has 5 nitrogen and oxygen atoms in total. The molecule has 2 aromatic heterocycles. The number of nitrogens with zero attached hydrogens (tertiary/aromatic N) is 3. The Balaban J connectivity index is 1.69. The van der Waals surface area contributed by atoms with E-state index in [-0.39, 0.29) is 16.7 Å². The van der Waals surface area contributed by atoms with Crippen LogP contribution in [0, 0.1) is 0 Å². The van der Waals surface area contributed by atoms with E-state index < -0.39 is 0 Å². The Hall–Kier alpha value is -1.60. The monoisotopic (exact) mass is 417 g/mol. The van der Waals surface area contributed by atoms with E-state index in [2.05, 4.69) is 6.58 Å². The van der Waals surface area contributed by atoms with E-state index in [1.807, 2.05) is 11.8 Å². The van der Waals surface area contributed by atoms with E-state index in [1.165, 1.54) is 35.0 Å². The summed E-state index contributed by atoms with van der Waals surface area (Å²) in [6.07, 6.45) is 9.42. The van der Waals surface area contributed by atoms with Gasteiger partial charge in [-0.3, -0.25) is 14.2 Å². The Morgan fingerprint density at radius 1 is 1.25 bits per heavy atom. The van der Waals surface area contributed by atoms with E-state index in [0.29, 0.717) is 11.7 Å². The quantitative estimate of drug-likeness (QED) is 0.419. The molecule has 0 saturated carbocycles. The number of carbonyl (C=O) groups excluding carboxylic acids is 1. The summed E-state index contributed by atoms with van der Waals surface area (Å²) < 4.78 is 1.70. The molecule has 2 aliphatic rings. The molecule has 1 fully saturated rings. The van der Waals surface area contributed by atoms with Crippen molar-refractivity contribution in [2.45, 2.75) is 68.8 Å². The number of amides is 1. The summed E-state index contributed by atoms with van der Waals surface area (Å²) in [4.78, 5) is 35.1. The van der Waals surface area contributed by atoms with Crippen LogP contribution >= 0.6 is 23.1 Å². The lowest BCUT2D eigenvalue weighted by atomic mass is 9.97. The van der Waals surface area contributed by atoms with Crippen LogP contribution in [0.5, 0.6) is 0 Å². The highest BCUT2D eigenvalue weighted by atomic mass is 32.2. The van der Waals surface area contributed by atoms with E-state index >= 15 is 0 Å². The molecule has 0 radical (unpaired) electrons. The smallest absolute Gasteiger partial charge is 0.263 e. The maximum absolute atomic E-state index is 13.3. The van der Waals surface area contributed by atoms with Gasteiger partial charge in [-0.25, -0.2) is 4.98 Å². The average molecular weight is 418 g/mol. The predicted molar refractivity (Wildman–Crippen MR) is 116 cm³/mol. The van der Waals surface area contributed by atoms with Gasteiger partial charge in [0.05, 0.1) is 10.6 Å². The minimum atomic E-state index is -0.256. The standard InChI is InChI=1S/C21H27N3O2S2/c1-3-11-24-20(26)17-15-9-5-6-10-16(15)28-18(17)22-21(24)27-14(2)19(25)23-12-7-4-8-13-23/h3,14H,1,4-13H2,2H3/t14-/m0/s1. The summed E-state index contributed by atoms with van der Waals surface area (Å²) in [6.45, 7) is 7.84. The van der Waals surface area contributed by atoms with Crippen molar-refractivity contribution in [3.05, 3.63) is 33.4 Å². The number of rotatable bonds is 5. The molecule has 0 spiro atoms. The van der Waals surface area contributed by atoms with E-state index in [4.69, 9.17) is 4.98 Å². The molecule has 2 aromatic rings. The first-order valence-electron chi connectivity index (χ1n) is 10.2. The summed E-state index contributed by atoms with van der Waals surface area (Å²) in [7, 11) is 0. The highest BCUT2D eigenvalue weighted by Crippen LogP contribution is 2.35. The third-order valence-corrected chi connectivity index (χ3v) is 7.91. The van der Waals surface area contributed by atoms with Gasteiger partial charge in [-0.15, -0.1) is 17.9 Å². The Kier molecular flexibility index (Phi) is 5.92. The predicted octanol–water partition coefficient (Wildman–Crippen LogP) is 4.02. The van der Waals surface area contributed by atoms with Crippen molar-refractivity contribution in [1.29, 1.82) is 0 Å². The van der Waals surface area contributed by atoms with Crippen LogP contribution in [-0.2, 0) is 24.2 Å². The molecular formula is C21H27N3O2S2. The average Bonchev–Trinajstić information content (AvgIpc) is 3.09. The van der Waals surface area contributed by atoms with Gasteiger partial charge in [-0.05, 0) is 57.4 Å². The van der Waals surface area contributed by atoms with Gasteiger partial charge in [0.15, 0.2) is 5.16 Å². The third-order valence-electron chi connectivity index (χ3n) is 5.65. The van der Waals surface area contributed by atoms with Crippen LogP contribution in [0.4, 0.5) is 0 Å². The van der Waals surface area contributed by atoms with Gasteiger partial charge >= 0.3 is 0 Å². The van der Waals surface area contributed by atoms with Gasteiger partial charge in [-0.1, -0.05) is 17.8 Å². The van der Waals surface area contributed by atoms with Crippen molar-refractivity contribution in [1.82, 2.24) is 14.5 Å². The third kappa shape index (κ3) is 3.66. The maximum atomic E-state index is 13.3. The summed E-state index contributed by atoms with van der Waals surface area (Å²) in [6, 6.07) is 0. The maximum Gasteiger partial charge on any atom is 0.263 e. The molecule has 1 aliphatic carbocycles. The topological polar surface area (TPSA) is 55.2 Å². The minimum absolute atomic E-state index is 0.0180. The van der Waals surface area contributed by atoms with Crippen LogP contribution in [0.2, 0.25) is 0 Å². The van der Waals surface area contributed by atoms with Crippen molar-refractivity contribution >= 4 is 39.2 Å². The van der Waals surface area contributed by atoms with E-state index in [9.17, 15) is 9.59 Å². The molecule has 0 N–H and O–H groups in total. The Labute approximate surface area is 173 Å². The molecule has 1 amide bonds. The number of thiophene rings is 1. The number of carbonyl (C=O) groups is 1. The number of hydrogen-bond acceptors (Lipinski definition) is 5. The Bertz CT molecular complexity index is 957. The lowest BCUT2D eigenvalue weighted by molar-refractivity contribution is -0.131. The van der Waals surface area contributed by atoms with Crippen LogP contribution in [0.15, 0.2) is 22.6 Å². The molecule has 3 heterocycles. The number of aryl methyl sites for hydroxylation is 2. The van der Waals surface area contributed by atoms with Crippen molar-refractivity contribution in [3.8, 4) is 0 Å². The van der Waals surface area contributed by atoms with Gasteiger partial charge in [0.1, 0.15) is 4.83 Å². The van der Waals surface area contributed by atoms with Gasteiger partial charge in [0.2, 0.25) is 5.91 Å². The molecule has 7 heteroatoms. The molecule has 1 atom stereocenters. The normalized spacial score (nSPS) is 18.1. The van der Waals surface area contributed by atoms with Crippen LogP contribution in [0.1, 0.15) is 49.5 Å². The first-order valence-corrected chi connectivity index (χ1v) is 11.9. The lowest BCUT2D eigenvalue weighted by Crippen LogP contribution is -2.40. The summed E-state index contributed by atoms with van der Waals surface area (Å²) in [5.74, 6) is 0.148. The summed E-state index contributed by atoms with van der Waals surface area (Å²) in [5.41, 5.74) is 1.22. The lowest BCUT2D eigenvalue weighted by Gasteiger charge is -2.29. The van der Waals surface area contributed by atoms with Crippen molar-refractivity contribution < 1.29 is 4.79 Å². The molecule has 150 valence electrons. The second-order valence-electron chi connectivity index (χ2n) is 7.64. The number of likely N-dealkylation sites (tertiary alicyclic amines) is 1. The van der Waals surface area contributed by atoms with Crippen LogP contribution in [0.25, 0.3) is 10.2 Å². The van der Waals surface area contributed by atoms with Gasteiger partial charge in [0.25, 0.3) is 5.56 Å². The molecule has 0 bridgehead atoms. The molecular weight excluding hydrogens is 390 g/mol. The van der Waals surface area contributed by atoms with Gasteiger partial charge < -0.3 is 4.90 Å². The van der Waals surface area contributed by atoms with E-state index in [0.717, 1.165) is 55.4 Å². The van der Waals surface area contributed by atoms with Crippen LogP contribution in [-0.4, -0.2) is 38.7 Å². The highest BCUT2D eigenvalue weighted by Gasteiger charge is 2.26. The fourth-order valence-corrected chi connectivity index (χ4v) is 6.48. The zero-order chi connectivity index (χ0) is 19.7. The number of piperidine rings is 1. The summed E-state index contributed by atoms with van der Waals surface area (Å²) >= 11 is 3.07. The number of thioether (sulfide) groups is 1. The first kappa shape index (κ1) is 19.7. The number of hydrogen-bond donors (Lipinski definition) is 0. The zero-order valence-electron chi connectivity index (χ0n) is 16.4. The highest BCUT2D eigenvalue weighted by molar-refractivity contribution is 8.00. The minimum Gasteiger partial charge on any atom is -0.342 e. The Morgan fingerprint density at radius 3 is 2.75 bits per heavy atom. The fraction of sp³-hybridized carbons (Fsp3) is 0.571. The summed E-state index contributed by atoms with van der Waals surface area (Å²) in [5, 5.41) is 1.17. The number of allylic oxidation sites excluding steroid dienone is 1. The SMILES string of the molecule is C=CCn1c(S[C@@H](C)C(=O)N2CCCCC2)nc2sc3c(c2c1=O)CCCC3. The van der Waals surface area contributed by atoms with Crippen molar-refractivity contribution in [2.75, 3.05) is 13.1 Å². The van der Waals surface area contributed by atoms with Crippen molar-refractivity contribution in [2.24, 2.45) is 0 Å². The van der Waals surface area contributed by atoms with Gasteiger partial charge in [0, 0.05) is 24.5 Å². The molecule has 1 aliphatic heterocycles. The second kappa shape index (κ2) is 8.41. The fourth-order valence-electron chi connectivity index (χ4n) is 4.18. The van der Waals surface area contributed by atoms with Gasteiger partial charge in [-0.2, -0.15) is 0 Å². The number of aromatic nitrogens is 2. The largest absolute Gasteiger partial charge is 0.342 e. The molecule has 1 saturated heterocycles. The Morgan fingerprint density at radius 2 is 2.00 bits per heavy atom. The zero-order valence-corrected chi connectivity index (χ0v) is 18.0. The van der Waals surface area contributed by atoms with Crippen LogP contribution in [0.3, 0.4) is 0 Å². The molecule has 0 aromatic carbocycles. The van der Waals surface area contributed by atoms with Crippen LogP contribution < -0.4 is 5.56 Å². The number of fused-ring (bicyclic) bond motifs is 3.